The van der Waals surface area contributed by atoms with Crippen LogP contribution < -0.4 is 0 Å². The van der Waals surface area contributed by atoms with Gasteiger partial charge in [-0.05, 0) is 30.4 Å². The number of carbonyl (C=O) groups is 2. The molecule has 3 aliphatic rings. The predicted octanol–water partition coefficient (Wildman–Crippen LogP) is 2.30. The topological polar surface area (TPSA) is 71.1 Å². The Bertz CT molecular complexity index is 454. The zero-order valence-electron chi connectivity index (χ0n) is 11.9. The highest BCUT2D eigenvalue weighted by molar-refractivity contribution is 5.61. The van der Waals surface area contributed by atoms with E-state index in [-0.39, 0.29) is 24.0 Å². The van der Waals surface area contributed by atoms with Crippen molar-refractivity contribution >= 4 is 12.3 Å². The summed E-state index contributed by atoms with van der Waals surface area (Å²) in [6, 6.07) is 0. The first-order valence-electron chi connectivity index (χ1n) is 7.00. The zero-order chi connectivity index (χ0) is 15.0. The minimum atomic E-state index is -0.692. The van der Waals surface area contributed by atoms with E-state index in [4.69, 9.17) is 9.47 Å². The molecule has 6 atom stereocenters. The second-order valence-electron chi connectivity index (χ2n) is 5.56. The van der Waals surface area contributed by atoms with E-state index in [1.165, 1.54) is 14.2 Å². The van der Waals surface area contributed by atoms with Crippen molar-refractivity contribution in [3.8, 4) is 0 Å². The molecule has 0 aromatic rings. The molecule has 6 nitrogen and oxygen atoms in total. The van der Waals surface area contributed by atoms with E-state index in [0.717, 1.165) is 6.42 Å². The summed E-state index contributed by atoms with van der Waals surface area (Å²) < 4.78 is 19.8. The largest absolute Gasteiger partial charge is 0.508 e. The van der Waals surface area contributed by atoms with Gasteiger partial charge >= 0.3 is 12.3 Å². The van der Waals surface area contributed by atoms with Gasteiger partial charge in [0.2, 0.25) is 0 Å². The molecule has 0 aromatic heterocycles. The molecule has 0 aliphatic heterocycles. The van der Waals surface area contributed by atoms with Crippen molar-refractivity contribution in [2.24, 2.45) is 23.7 Å². The number of ether oxygens (including phenoxy) is 4. The maximum Gasteiger partial charge on any atom is 0.508 e. The van der Waals surface area contributed by atoms with Crippen LogP contribution in [0.2, 0.25) is 0 Å². The minimum absolute atomic E-state index is 0.110. The fraction of sp³-hybridized carbons (Fsp3) is 0.600. The van der Waals surface area contributed by atoms with E-state index in [1.807, 2.05) is 0 Å². The fourth-order valence-electron chi connectivity index (χ4n) is 3.85. The summed E-state index contributed by atoms with van der Waals surface area (Å²) in [5, 5.41) is 0. The predicted molar refractivity (Wildman–Crippen MR) is 71.4 cm³/mol. The van der Waals surface area contributed by atoms with Crippen molar-refractivity contribution in [3.05, 3.63) is 24.3 Å². The molecular formula is C15H18O6. The molecule has 3 rings (SSSR count). The summed E-state index contributed by atoms with van der Waals surface area (Å²) >= 11 is 0. The van der Waals surface area contributed by atoms with Gasteiger partial charge in [-0.1, -0.05) is 12.2 Å². The van der Waals surface area contributed by atoms with E-state index in [2.05, 4.69) is 21.6 Å². The summed E-state index contributed by atoms with van der Waals surface area (Å²) in [5.74, 6) is 0.893. The van der Waals surface area contributed by atoms with E-state index >= 15 is 0 Å². The Morgan fingerprint density at radius 3 is 1.62 bits per heavy atom. The summed E-state index contributed by atoms with van der Waals surface area (Å²) in [6.45, 7) is 0. The maximum atomic E-state index is 11.4. The number of hydrogen-bond donors (Lipinski definition) is 0. The van der Waals surface area contributed by atoms with Gasteiger partial charge in [0.15, 0.2) is 0 Å². The van der Waals surface area contributed by atoms with Gasteiger partial charge in [-0.3, -0.25) is 0 Å². The van der Waals surface area contributed by atoms with E-state index in [9.17, 15) is 9.59 Å². The Morgan fingerprint density at radius 1 is 0.810 bits per heavy atom. The molecule has 2 bridgehead atoms. The third kappa shape index (κ3) is 2.39. The van der Waals surface area contributed by atoms with E-state index < -0.39 is 12.3 Å². The van der Waals surface area contributed by atoms with E-state index in [0.29, 0.717) is 11.8 Å². The number of fused-ring (bicyclic) bond motifs is 5. The molecular weight excluding hydrogens is 276 g/mol. The number of methoxy groups -OCH3 is 2. The molecule has 0 saturated heterocycles. The van der Waals surface area contributed by atoms with Gasteiger partial charge in [0.25, 0.3) is 0 Å². The molecule has 21 heavy (non-hydrogen) atoms. The molecule has 0 N–H and O–H groups in total. The number of carbonyl (C=O) groups excluding carboxylic acids is 2. The SMILES string of the molecule is COC(=O)O[C@H]1C=C[C@@H](OC(=O)OC)[C@@H]2[C@H]1[C@@H]1C=C[C@H]2C1. The standard InChI is InChI=1S/C15H18O6/c1-18-14(16)20-10-5-6-11(21-15(17)19-2)13-9-4-3-8(7-9)12(10)13/h3-6,8-13H,7H2,1-2H3/t8-,9+,10+,11-,12+,13-. The average Bonchev–Trinajstić information content (AvgIpc) is 3.11. The molecule has 114 valence electrons. The van der Waals surface area contributed by atoms with Gasteiger partial charge in [-0.15, -0.1) is 0 Å². The highest BCUT2D eigenvalue weighted by Gasteiger charge is 2.54. The van der Waals surface area contributed by atoms with Crippen molar-refractivity contribution in [2.45, 2.75) is 18.6 Å². The van der Waals surface area contributed by atoms with Crippen LogP contribution in [0.15, 0.2) is 24.3 Å². The van der Waals surface area contributed by atoms with Crippen LogP contribution in [-0.4, -0.2) is 38.7 Å². The van der Waals surface area contributed by atoms with Gasteiger partial charge in [-0.2, -0.15) is 0 Å². The van der Waals surface area contributed by atoms with Crippen molar-refractivity contribution < 1.29 is 28.5 Å². The van der Waals surface area contributed by atoms with Gasteiger partial charge in [0.05, 0.1) is 14.2 Å². The van der Waals surface area contributed by atoms with Crippen LogP contribution in [0.1, 0.15) is 6.42 Å². The lowest BCUT2D eigenvalue weighted by molar-refractivity contribution is -0.0283. The Hall–Kier alpha value is -1.98. The third-order valence-corrected chi connectivity index (χ3v) is 4.63. The van der Waals surface area contributed by atoms with Gasteiger partial charge in [-0.25, -0.2) is 9.59 Å². The lowest BCUT2D eigenvalue weighted by Gasteiger charge is -2.38. The molecule has 1 saturated carbocycles. The van der Waals surface area contributed by atoms with Gasteiger partial charge in [0.1, 0.15) is 12.2 Å². The summed E-state index contributed by atoms with van der Waals surface area (Å²) in [6.07, 6.45) is 6.80. The molecule has 3 aliphatic carbocycles. The average molecular weight is 294 g/mol. The van der Waals surface area contributed by atoms with Crippen LogP contribution in [0, 0.1) is 23.7 Å². The molecule has 0 aromatic carbocycles. The first-order valence-corrected chi connectivity index (χ1v) is 7.00. The Balaban J connectivity index is 1.81. The number of allylic oxidation sites excluding steroid dienone is 2. The first-order chi connectivity index (χ1) is 10.1. The minimum Gasteiger partial charge on any atom is -0.438 e. The number of rotatable bonds is 2. The van der Waals surface area contributed by atoms with Gasteiger partial charge in [0, 0.05) is 11.8 Å². The summed E-state index contributed by atoms with van der Waals surface area (Å²) in [7, 11) is 2.58. The van der Waals surface area contributed by atoms with Crippen molar-refractivity contribution in [1.29, 1.82) is 0 Å². The molecule has 1 fully saturated rings. The summed E-state index contributed by atoms with van der Waals surface area (Å²) in [5.41, 5.74) is 0. The van der Waals surface area contributed by atoms with E-state index in [1.54, 1.807) is 12.2 Å². The Kier molecular flexibility index (Phi) is 3.61. The molecule has 0 radical (unpaired) electrons. The van der Waals surface area contributed by atoms with Crippen LogP contribution in [0.4, 0.5) is 9.59 Å². The molecule has 0 unspecified atom stereocenters. The lowest BCUT2D eigenvalue weighted by atomic mass is 9.73. The van der Waals surface area contributed by atoms with Crippen LogP contribution in [0.5, 0.6) is 0 Å². The normalized spacial score (nSPS) is 38.8. The Morgan fingerprint density at radius 2 is 1.24 bits per heavy atom. The fourth-order valence-corrected chi connectivity index (χ4v) is 3.85. The quantitative estimate of drug-likeness (QED) is 0.575. The molecule has 0 amide bonds. The van der Waals surface area contributed by atoms with Crippen LogP contribution in [-0.2, 0) is 18.9 Å². The van der Waals surface area contributed by atoms with Crippen LogP contribution in [0.3, 0.4) is 0 Å². The number of hydrogen-bond acceptors (Lipinski definition) is 6. The molecule has 6 heteroatoms. The first kappa shape index (κ1) is 14.0. The monoisotopic (exact) mass is 294 g/mol. The van der Waals surface area contributed by atoms with Gasteiger partial charge < -0.3 is 18.9 Å². The smallest absolute Gasteiger partial charge is 0.438 e. The van der Waals surface area contributed by atoms with Crippen molar-refractivity contribution in [1.82, 2.24) is 0 Å². The maximum absolute atomic E-state index is 11.4. The Labute approximate surface area is 122 Å². The van der Waals surface area contributed by atoms with Crippen molar-refractivity contribution in [3.63, 3.8) is 0 Å². The van der Waals surface area contributed by atoms with Crippen molar-refractivity contribution in [2.75, 3.05) is 14.2 Å². The summed E-state index contributed by atoms with van der Waals surface area (Å²) in [4.78, 5) is 22.8. The zero-order valence-corrected chi connectivity index (χ0v) is 11.9. The lowest BCUT2D eigenvalue weighted by Crippen LogP contribution is -2.43. The second kappa shape index (κ2) is 5.42. The second-order valence-corrected chi connectivity index (χ2v) is 5.56. The molecule has 0 spiro atoms. The third-order valence-electron chi connectivity index (χ3n) is 4.63. The van der Waals surface area contributed by atoms with Crippen LogP contribution in [0.25, 0.3) is 0 Å². The highest BCUT2D eigenvalue weighted by Crippen LogP contribution is 2.53. The van der Waals surface area contributed by atoms with Crippen LogP contribution >= 0.6 is 0 Å². The highest BCUT2D eigenvalue weighted by atomic mass is 16.7. The molecule has 0 heterocycles.